The zero-order chi connectivity index (χ0) is 11.3. The highest BCUT2D eigenvalue weighted by Gasteiger charge is 2.28. The van der Waals surface area contributed by atoms with Gasteiger partial charge in [0, 0.05) is 12.3 Å². The first kappa shape index (κ1) is 11.8. The van der Waals surface area contributed by atoms with Crippen LogP contribution in [0.3, 0.4) is 0 Å². The average molecular weight is 213 g/mol. The van der Waals surface area contributed by atoms with E-state index in [-0.39, 0.29) is 12.3 Å². The Hall–Kier alpha value is -1.23. The number of carbonyl (C=O) groups excluding carboxylic acids is 2. The SMILES string of the molecule is O=CCC(C(=O)O)N1CCC(C=O)CC1. The predicted molar refractivity (Wildman–Crippen MR) is 52.5 cm³/mol. The van der Waals surface area contributed by atoms with Crippen molar-refractivity contribution < 1.29 is 19.5 Å². The Morgan fingerprint density at radius 3 is 2.40 bits per heavy atom. The molecule has 0 aromatic carbocycles. The predicted octanol–water partition coefficient (Wildman–Crippen LogP) is -0.0605. The first-order chi connectivity index (χ1) is 7.19. The third-order valence-electron chi connectivity index (χ3n) is 2.81. The summed E-state index contributed by atoms with van der Waals surface area (Å²) in [6.07, 6.45) is 2.94. The van der Waals surface area contributed by atoms with E-state index in [0.717, 1.165) is 6.29 Å². The monoisotopic (exact) mass is 213 g/mol. The molecule has 5 heteroatoms. The molecule has 1 fully saturated rings. The zero-order valence-electron chi connectivity index (χ0n) is 8.46. The minimum atomic E-state index is -0.966. The van der Waals surface area contributed by atoms with Gasteiger partial charge in [-0.15, -0.1) is 0 Å². The van der Waals surface area contributed by atoms with Crippen molar-refractivity contribution in [3.8, 4) is 0 Å². The number of likely N-dealkylation sites (tertiary alicyclic amines) is 1. The average Bonchev–Trinajstić information content (AvgIpc) is 2.26. The summed E-state index contributed by atoms with van der Waals surface area (Å²) in [5.41, 5.74) is 0. The van der Waals surface area contributed by atoms with Crippen LogP contribution in [0.15, 0.2) is 0 Å². The van der Waals surface area contributed by atoms with Crippen molar-refractivity contribution in [2.24, 2.45) is 5.92 Å². The Labute approximate surface area is 88.1 Å². The molecule has 0 saturated carbocycles. The van der Waals surface area contributed by atoms with Crippen LogP contribution >= 0.6 is 0 Å². The van der Waals surface area contributed by atoms with E-state index in [1.807, 2.05) is 0 Å². The largest absolute Gasteiger partial charge is 0.480 e. The second-order valence-corrected chi connectivity index (χ2v) is 3.77. The number of hydrogen-bond donors (Lipinski definition) is 1. The van der Waals surface area contributed by atoms with Crippen molar-refractivity contribution in [3.63, 3.8) is 0 Å². The minimum absolute atomic E-state index is 0.0150. The van der Waals surface area contributed by atoms with Crippen LogP contribution in [0.4, 0.5) is 0 Å². The zero-order valence-corrected chi connectivity index (χ0v) is 8.46. The van der Waals surface area contributed by atoms with Gasteiger partial charge in [-0.2, -0.15) is 0 Å². The van der Waals surface area contributed by atoms with Gasteiger partial charge >= 0.3 is 5.97 Å². The normalized spacial score (nSPS) is 20.8. The van der Waals surface area contributed by atoms with Gasteiger partial charge in [-0.25, -0.2) is 0 Å². The summed E-state index contributed by atoms with van der Waals surface area (Å²) in [5.74, 6) is -0.918. The van der Waals surface area contributed by atoms with Gasteiger partial charge in [-0.1, -0.05) is 0 Å². The molecular weight excluding hydrogens is 198 g/mol. The molecular formula is C10H15NO4. The summed E-state index contributed by atoms with van der Waals surface area (Å²) in [6.45, 7) is 1.16. The number of aliphatic carboxylic acids is 1. The molecule has 0 bridgehead atoms. The van der Waals surface area contributed by atoms with E-state index in [4.69, 9.17) is 5.11 Å². The standard InChI is InChI=1S/C10H15NO4/c12-6-3-9(10(14)15)11-4-1-8(7-13)2-5-11/h6-9H,1-5H2,(H,14,15). The van der Waals surface area contributed by atoms with Crippen LogP contribution in [0.1, 0.15) is 19.3 Å². The highest BCUT2D eigenvalue weighted by Crippen LogP contribution is 2.18. The molecule has 0 amide bonds. The number of nitrogens with zero attached hydrogens (tertiary/aromatic N) is 1. The van der Waals surface area contributed by atoms with Crippen LogP contribution in [0.5, 0.6) is 0 Å². The molecule has 0 radical (unpaired) electrons. The number of hydrogen-bond acceptors (Lipinski definition) is 4. The molecule has 1 rings (SSSR count). The maximum absolute atomic E-state index is 10.9. The van der Waals surface area contributed by atoms with Gasteiger partial charge in [0.15, 0.2) is 0 Å². The summed E-state index contributed by atoms with van der Waals surface area (Å²) in [5, 5.41) is 8.91. The van der Waals surface area contributed by atoms with Gasteiger partial charge in [0.1, 0.15) is 18.6 Å². The lowest BCUT2D eigenvalue weighted by atomic mass is 9.97. The van der Waals surface area contributed by atoms with Gasteiger partial charge < -0.3 is 14.7 Å². The Morgan fingerprint density at radius 2 is 2.00 bits per heavy atom. The lowest BCUT2D eigenvalue weighted by molar-refractivity contribution is -0.145. The Kier molecular flexibility index (Phi) is 4.42. The maximum Gasteiger partial charge on any atom is 0.321 e. The molecule has 1 heterocycles. The Bertz CT molecular complexity index is 246. The molecule has 1 aliphatic rings. The summed E-state index contributed by atoms with van der Waals surface area (Å²) in [7, 11) is 0. The first-order valence-electron chi connectivity index (χ1n) is 5.04. The van der Waals surface area contributed by atoms with E-state index in [2.05, 4.69) is 0 Å². The van der Waals surface area contributed by atoms with E-state index in [0.29, 0.717) is 32.2 Å². The summed E-state index contributed by atoms with van der Waals surface area (Å²) in [6, 6.07) is -0.727. The molecule has 1 saturated heterocycles. The van der Waals surface area contributed by atoms with Crippen LogP contribution in [-0.4, -0.2) is 47.7 Å². The highest BCUT2D eigenvalue weighted by molar-refractivity contribution is 5.77. The molecule has 1 N–H and O–H groups in total. The number of carboxylic acids is 1. The fourth-order valence-electron chi connectivity index (χ4n) is 1.86. The second-order valence-electron chi connectivity index (χ2n) is 3.77. The van der Waals surface area contributed by atoms with E-state index >= 15 is 0 Å². The molecule has 0 spiro atoms. The lowest BCUT2D eigenvalue weighted by Gasteiger charge is -2.33. The van der Waals surface area contributed by atoms with Crippen LogP contribution in [0, 0.1) is 5.92 Å². The number of rotatable bonds is 5. The lowest BCUT2D eigenvalue weighted by Crippen LogP contribution is -2.46. The number of carbonyl (C=O) groups is 3. The van der Waals surface area contributed by atoms with Gasteiger partial charge in [0.05, 0.1) is 0 Å². The van der Waals surface area contributed by atoms with E-state index < -0.39 is 12.0 Å². The van der Waals surface area contributed by atoms with Crippen LogP contribution in [-0.2, 0) is 14.4 Å². The molecule has 1 atom stereocenters. The third-order valence-corrected chi connectivity index (χ3v) is 2.81. The molecule has 84 valence electrons. The quantitative estimate of drug-likeness (QED) is 0.647. The maximum atomic E-state index is 10.9. The second kappa shape index (κ2) is 5.60. The Morgan fingerprint density at radius 1 is 1.40 bits per heavy atom. The highest BCUT2D eigenvalue weighted by atomic mass is 16.4. The topological polar surface area (TPSA) is 74.7 Å². The molecule has 5 nitrogen and oxygen atoms in total. The van der Waals surface area contributed by atoms with Crippen molar-refractivity contribution in [1.82, 2.24) is 4.90 Å². The summed E-state index contributed by atoms with van der Waals surface area (Å²) >= 11 is 0. The van der Waals surface area contributed by atoms with Gasteiger partial charge in [0.2, 0.25) is 0 Å². The van der Waals surface area contributed by atoms with Crippen LogP contribution in [0.2, 0.25) is 0 Å². The summed E-state index contributed by atoms with van der Waals surface area (Å²) in [4.78, 5) is 33.5. The van der Waals surface area contributed by atoms with Crippen molar-refractivity contribution in [3.05, 3.63) is 0 Å². The molecule has 15 heavy (non-hydrogen) atoms. The van der Waals surface area contributed by atoms with Crippen molar-refractivity contribution >= 4 is 18.5 Å². The van der Waals surface area contributed by atoms with Crippen LogP contribution in [0.25, 0.3) is 0 Å². The van der Waals surface area contributed by atoms with Crippen molar-refractivity contribution in [2.45, 2.75) is 25.3 Å². The van der Waals surface area contributed by atoms with Crippen LogP contribution < -0.4 is 0 Å². The molecule has 0 aromatic heterocycles. The fourth-order valence-corrected chi connectivity index (χ4v) is 1.86. The van der Waals surface area contributed by atoms with E-state index in [1.165, 1.54) is 0 Å². The molecule has 1 aliphatic heterocycles. The first-order valence-corrected chi connectivity index (χ1v) is 5.04. The van der Waals surface area contributed by atoms with Gasteiger partial charge in [0.25, 0.3) is 0 Å². The number of carboxylic acid groups (broad SMARTS) is 1. The van der Waals surface area contributed by atoms with E-state index in [9.17, 15) is 14.4 Å². The van der Waals surface area contributed by atoms with Gasteiger partial charge in [-0.05, 0) is 25.9 Å². The molecule has 0 aliphatic carbocycles. The smallest absolute Gasteiger partial charge is 0.321 e. The van der Waals surface area contributed by atoms with Gasteiger partial charge in [-0.3, -0.25) is 9.69 Å². The molecule has 1 unspecified atom stereocenters. The van der Waals surface area contributed by atoms with Crippen molar-refractivity contribution in [1.29, 1.82) is 0 Å². The Balaban J connectivity index is 2.51. The van der Waals surface area contributed by atoms with E-state index in [1.54, 1.807) is 4.90 Å². The summed E-state index contributed by atoms with van der Waals surface area (Å²) < 4.78 is 0. The molecule has 0 aromatic rings. The minimum Gasteiger partial charge on any atom is -0.480 e. The number of aldehydes is 2. The number of piperidine rings is 1. The fraction of sp³-hybridized carbons (Fsp3) is 0.700. The van der Waals surface area contributed by atoms with Crippen molar-refractivity contribution in [2.75, 3.05) is 13.1 Å². The third kappa shape index (κ3) is 3.13.